The number of hydrogen-bond acceptors (Lipinski definition) is 4. The van der Waals surface area contributed by atoms with Crippen molar-refractivity contribution in [2.45, 2.75) is 37.3 Å². The van der Waals surface area contributed by atoms with Gasteiger partial charge in [-0.1, -0.05) is 6.58 Å². The molecule has 4 nitrogen and oxygen atoms in total. The summed E-state index contributed by atoms with van der Waals surface area (Å²) in [4.78, 5) is 11.1. The van der Waals surface area contributed by atoms with Crippen molar-refractivity contribution in [1.82, 2.24) is 0 Å². The standard InChI is InChI=1S/C11H14O4/c1-2-9(12)14-8-5-11-3-6(8)7(4-11)10(13)15-11/h2,6-8,10,13H,1,3-5H2. The van der Waals surface area contributed by atoms with Crippen LogP contribution in [0.15, 0.2) is 12.7 Å². The Hall–Kier alpha value is -0.870. The second-order valence-corrected chi connectivity index (χ2v) is 4.81. The van der Waals surface area contributed by atoms with Crippen LogP contribution in [0.2, 0.25) is 0 Å². The van der Waals surface area contributed by atoms with Crippen molar-refractivity contribution in [2.75, 3.05) is 0 Å². The third kappa shape index (κ3) is 1.18. The molecule has 0 aromatic heterocycles. The summed E-state index contributed by atoms with van der Waals surface area (Å²) in [7, 11) is 0. The van der Waals surface area contributed by atoms with Gasteiger partial charge in [0.1, 0.15) is 6.10 Å². The topological polar surface area (TPSA) is 55.8 Å². The van der Waals surface area contributed by atoms with E-state index in [0.717, 1.165) is 19.3 Å². The van der Waals surface area contributed by atoms with Crippen LogP contribution in [0, 0.1) is 11.8 Å². The molecule has 1 N–H and O–H groups in total. The number of carbonyl (C=O) groups is 1. The average Bonchev–Trinajstić information content (AvgIpc) is 2.78. The van der Waals surface area contributed by atoms with Crippen molar-refractivity contribution in [2.24, 2.45) is 11.8 Å². The summed E-state index contributed by atoms with van der Waals surface area (Å²) < 4.78 is 10.8. The van der Waals surface area contributed by atoms with Crippen LogP contribution < -0.4 is 0 Å². The van der Waals surface area contributed by atoms with Crippen molar-refractivity contribution < 1.29 is 19.4 Å². The van der Waals surface area contributed by atoms with E-state index in [1.54, 1.807) is 0 Å². The van der Waals surface area contributed by atoms with E-state index in [9.17, 15) is 9.90 Å². The Balaban J connectivity index is 1.76. The lowest BCUT2D eigenvalue weighted by molar-refractivity contribution is -0.167. The molecule has 82 valence electrons. The molecule has 5 atom stereocenters. The molecule has 2 aliphatic carbocycles. The molecule has 1 saturated heterocycles. The number of ether oxygens (including phenoxy) is 2. The van der Waals surface area contributed by atoms with Crippen molar-refractivity contribution in [3.05, 3.63) is 12.7 Å². The highest BCUT2D eigenvalue weighted by atomic mass is 16.6. The van der Waals surface area contributed by atoms with Gasteiger partial charge in [0.05, 0.1) is 5.60 Å². The Bertz CT molecular complexity index is 323. The lowest BCUT2D eigenvalue weighted by atomic mass is 9.87. The summed E-state index contributed by atoms with van der Waals surface area (Å²) in [6.45, 7) is 3.38. The Morgan fingerprint density at radius 2 is 2.20 bits per heavy atom. The molecule has 15 heavy (non-hydrogen) atoms. The molecule has 3 bridgehead atoms. The molecule has 3 rings (SSSR count). The Labute approximate surface area is 87.9 Å². The predicted octanol–water partition coefficient (Wildman–Crippen LogP) is 0.601. The zero-order chi connectivity index (χ0) is 10.6. The van der Waals surface area contributed by atoms with E-state index in [-0.39, 0.29) is 29.5 Å². The number of fused-ring (bicyclic) bond motifs is 3. The summed E-state index contributed by atoms with van der Waals surface area (Å²) in [5, 5.41) is 9.62. The van der Waals surface area contributed by atoms with Gasteiger partial charge in [0.2, 0.25) is 0 Å². The largest absolute Gasteiger partial charge is 0.459 e. The molecular formula is C11H14O4. The first-order valence-corrected chi connectivity index (χ1v) is 5.32. The number of rotatable bonds is 2. The second-order valence-electron chi connectivity index (χ2n) is 4.81. The molecule has 3 aliphatic rings. The predicted molar refractivity (Wildman–Crippen MR) is 50.7 cm³/mol. The Kier molecular flexibility index (Phi) is 1.77. The molecule has 0 aromatic rings. The van der Waals surface area contributed by atoms with Gasteiger partial charge >= 0.3 is 5.97 Å². The average molecular weight is 210 g/mol. The summed E-state index contributed by atoms with van der Waals surface area (Å²) >= 11 is 0. The van der Waals surface area contributed by atoms with Gasteiger partial charge in [0.15, 0.2) is 6.29 Å². The fourth-order valence-corrected chi connectivity index (χ4v) is 3.46. The summed E-state index contributed by atoms with van der Waals surface area (Å²) in [5.41, 5.74) is -0.207. The number of hydrogen-bond donors (Lipinski definition) is 1. The number of carbonyl (C=O) groups excluding carboxylic acids is 1. The van der Waals surface area contributed by atoms with Gasteiger partial charge in [-0.05, 0) is 12.8 Å². The smallest absolute Gasteiger partial charge is 0.330 e. The van der Waals surface area contributed by atoms with E-state index in [1.165, 1.54) is 6.08 Å². The van der Waals surface area contributed by atoms with Crippen LogP contribution in [0.3, 0.4) is 0 Å². The van der Waals surface area contributed by atoms with Gasteiger partial charge in [0, 0.05) is 24.3 Å². The second kappa shape index (κ2) is 2.83. The zero-order valence-corrected chi connectivity index (χ0v) is 8.39. The van der Waals surface area contributed by atoms with E-state index in [2.05, 4.69) is 6.58 Å². The highest BCUT2D eigenvalue weighted by Gasteiger charge is 2.65. The number of aliphatic hydroxyl groups excluding tert-OH is 1. The van der Waals surface area contributed by atoms with Crippen LogP contribution in [-0.4, -0.2) is 29.1 Å². The molecule has 2 saturated carbocycles. The van der Waals surface area contributed by atoms with Gasteiger partial charge < -0.3 is 14.6 Å². The first-order valence-electron chi connectivity index (χ1n) is 5.32. The molecule has 4 heteroatoms. The van der Waals surface area contributed by atoms with Gasteiger partial charge in [0.25, 0.3) is 0 Å². The molecule has 0 radical (unpaired) electrons. The maximum Gasteiger partial charge on any atom is 0.330 e. The first kappa shape index (κ1) is 9.36. The molecule has 1 heterocycles. The zero-order valence-electron chi connectivity index (χ0n) is 8.39. The maximum absolute atomic E-state index is 11.1. The van der Waals surface area contributed by atoms with Gasteiger partial charge in [-0.2, -0.15) is 0 Å². The molecule has 5 unspecified atom stereocenters. The fraction of sp³-hybridized carbons (Fsp3) is 0.727. The fourth-order valence-electron chi connectivity index (χ4n) is 3.46. The minimum Gasteiger partial charge on any atom is -0.459 e. The van der Waals surface area contributed by atoms with Gasteiger partial charge in [-0.25, -0.2) is 4.79 Å². The van der Waals surface area contributed by atoms with Crippen molar-refractivity contribution in [3.8, 4) is 0 Å². The van der Waals surface area contributed by atoms with Gasteiger partial charge in [-0.15, -0.1) is 0 Å². The third-order valence-electron chi connectivity index (χ3n) is 3.99. The molecule has 1 spiro atoms. The van der Waals surface area contributed by atoms with E-state index >= 15 is 0 Å². The summed E-state index contributed by atoms with van der Waals surface area (Å²) in [5.74, 6) is 0.0526. The third-order valence-corrected chi connectivity index (χ3v) is 3.99. The first-order chi connectivity index (χ1) is 7.13. The van der Waals surface area contributed by atoms with Crippen molar-refractivity contribution in [3.63, 3.8) is 0 Å². The molecule has 0 aromatic carbocycles. The SMILES string of the molecule is C=CC(=O)OC1CC23CC(C(O)O2)C1C3. The van der Waals surface area contributed by atoms with Gasteiger partial charge in [-0.3, -0.25) is 0 Å². The Morgan fingerprint density at radius 3 is 2.87 bits per heavy atom. The molecule has 3 fully saturated rings. The van der Waals surface area contributed by atoms with E-state index in [1.807, 2.05) is 0 Å². The van der Waals surface area contributed by atoms with Crippen LogP contribution in [0.1, 0.15) is 19.3 Å². The van der Waals surface area contributed by atoms with Crippen LogP contribution in [0.25, 0.3) is 0 Å². The highest BCUT2D eigenvalue weighted by Crippen LogP contribution is 2.60. The quantitative estimate of drug-likeness (QED) is 0.535. The normalized spacial score (nSPS) is 50.7. The van der Waals surface area contributed by atoms with E-state index in [0.29, 0.717) is 0 Å². The number of aliphatic hydroxyl groups is 1. The Morgan fingerprint density at radius 1 is 1.47 bits per heavy atom. The van der Waals surface area contributed by atoms with Crippen LogP contribution in [0.5, 0.6) is 0 Å². The summed E-state index contributed by atoms with van der Waals surface area (Å²) in [6, 6.07) is 0. The highest BCUT2D eigenvalue weighted by molar-refractivity contribution is 5.81. The summed E-state index contributed by atoms with van der Waals surface area (Å²) in [6.07, 6.45) is 3.00. The van der Waals surface area contributed by atoms with Crippen molar-refractivity contribution in [1.29, 1.82) is 0 Å². The molecule has 0 amide bonds. The van der Waals surface area contributed by atoms with Crippen LogP contribution in [0.4, 0.5) is 0 Å². The number of esters is 1. The lowest BCUT2D eigenvalue weighted by Crippen LogP contribution is -2.31. The maximum atomic E-state index is 11.1. The lowest BCUT2D eigenvalue weighted by Gasteiger charge is -2.25. The molecule has 1 aliphatic heterocycles. The van der Waals surface area contributed by atoms with Crippen LogP contribution >= 0.6 is 0 Å². The van der Waals surface area contributed by atoms with Crippen molar-refractivity contribution >= 4 is 5.97 Å². The van der Waals surface area contributed by atoms with E-state index in [4.69, 9.17) is 9.47 Å². The van der Waals surface area contributed by atoms with Crippen LogP contribution in [-0.2, 0) is 14.3 Å². The minimum absolute atomic E-state index is 0.0913. The monoisotopic (exact) mass is 210 g/mol. The minimum atomic E-state index is -0.656. The van der Waals surface area contributed by atoms with E-state index < -0.39 is 6.29 Å². The molecular weight excluding hydrogens is 196 g/mol.